The number of amides is 1. The Hall–Kier alpha value is -1.07. The first kappa shape index (κ1) is 16.0. The molecule has 110 valence electrons. The minimum atomic E-state index is -0.722. The first-order chi connectivity index (χ1) is 8.62. The van der Waals surface area contributed by atoms with Gasteiger partial charge < -0.3 is 15.2 Å². The van der Waals surface area contributed by atoms with Crippen LogP contribution in [0.1, 0.15) is 41.0 Å². The van der Waals surface area contributed by atoms with Crippen molar-refractivity contribution < 1.29 is 14.3 Å². The van der Waals surface area contributed by atoms with Crippen molar-refractivity contribution >= 4 is 6.09 Å². The van der Waals surface area contributed by atoms with Gasteiger partial charge in [-0.15, -0.1) is 6.58 Å². The lowest BCUT2D eigenvalue weighted by Gasteiger charge is -2.34. The summed E-state index contributed by atoms with van der Waals surface area (Å²) in [5, 5.41) is 0. The van der Waals surface area contributed by atoms with Crippen molar-refractivity contribution in [1.29, 1.82) is 0 Å². The lowest BCUT2D eigenvalue weighted by molar-refractivity contribution is -0.0779. The van der Waals surface area contributed by atoms with Crippen molar-refractivity contribution in [3.8, 4) is 0 Å². The van der Waals surface area contributed by atoms with Crippen molar-refractivity contribution in [2.75, 3.05) is 6.54 Å². The van der Waals surface area contributed by atoms with Gasteiger partial charge in [-0.05, 0) is 41.0 Å². The SMILES string of the molecule is C=CC[C@@H]1OC(C)(C)N(C(=O)OC(C)(C)C)[C@@H]1CN. The van der Waals surface area contributed by atoms with E-state index in [1.807, 2.05) is 34.6 Å². The summed E-state index contributed by atoms with van der Waals surface area (Å²) < 4.78 is 11.4. The molecule has 1 heterocycles. The molecule has 1 saturated heterocycles. The molecule has 0 saturated carbocycles. The zero-order valence-corrected chi connectivity index (χ0v) is 12.6. The third kappa shape index (κ3) is 3.70. The molecule has 5 nitrogen and oxygen atoms in total. The van der Waals surface area contributed by atoms with Crippen LogP contribution in [0.4, 0.5) is 4.79 Å². The Kier molecular flexibility index (Phi) is 4.63. The van der Waals surface area contributed by atoms with Gasteiger partial charge in [-0.1, -0.05) is 6.08 Å². The number of nitrogens with two attached hydrogens (primary N) is 1. The molecular formula is C14H26N2O3. The maximum Gasteiger partial charge on any atom is 0.412 e. The molecule has 0 aromatic rings. The molecule has 0 unspecified atom stereocenters. The summed E-state index contributed by atoms with van der Waals surface area (Å²) in [4.78, 5) is 13.9. The molecule has 0 aliphatic carbocycles. The standard InChI is InChI=1S/C14H26N2O3/c1-7-8-11-10(9-15)16(14(5,6)18-11)12(17)19-13(2,3)4/h7,10-11H,1,8-9,15H2,2-6H3/t10-,11+/m1/s1. The van der Waals surface area contributed by atoms with Gasteiger partial charge in [0.25, 0.3) is 0 Å². The summed E-state index contributed by atoms with van der Waals surface area (Å²) in [7, 11) is 0. The van der Waals surface area contributed by atoms with Gasteiger partial charge in [0.1, 0.15) is 11.3 Å². The fourth-order valence-electron chi connectivity index (χ4n) is 2.36. The number of ether oxygens (including phenoxy) is 2. The van der Waals surface area contributed by atoms with E-state index in [9.17, 15) is 4.79 Å². The van der Waals surface area contributed by atoms with Crippen molar-refractivity contribution in [2.45, 2.75) is 64.5 Å². The summed E-state index contributed by atoms with van der Waals surface area (Å²) in [6, 6.07) is -0.192. The summed E-state index contributed by atoms with van der Waals surface area (Å²) in [6.45, 7) is 13.3. The Bertz CT molecular complexity index is 347. The number of nitrogens with zero attached hydrogens (tertiary/aromatic N) is 1. The van der Waals surface area contributed by atoms with Crippen molar-refractivity contribution in [1.82, 2.24) is 4.90 Å². The van der Waals surface area contributed by atoms with E-state index in [-0.39, 0.29) is 18.2 Å². The van der Waals surface area contributed by atoms with Crippen molar-refractivity contribution in [3.63, 3.8) is 0 Å². The molecule has 0 spiro atoms. The van der Waals surface area contributed by atoms with E-state index in [2.05, 4.69) is 6.58 Å². The van der Waals surface area contributed by atoms with E-state index >= 15 is 0 Å². The molecule has 5 heteroatoms. The average molecular weight is 270 g/mol. The van der Waals surface area contributed by atoms with Crippen LogP contribution in [-0.4, -0.2) is 41.0 Å². The van der Waals surface area contributed by atoms with Gasteiger partial charge >= 0.3 is 6.09 Å². The molecule has 0 bridgehead atoms. The fraction of sp³-hybridized carbons (Fsp3) is 0.786. The largest absolute Gasteiger partial charge is 0.444 e. The maximum atomic E-state index is 12.3. The molecule has 1 aliphatic heterocycles. The third-order valence-electron chi connectivity index (χ3n) is 3.01. The smallest absolute Gasteiger partial charge is 0.412 e. The minimum Gasteiger partial charge on any atom is -0.444 e. The van der Waals surface area contributed by atoms with Gasteiger partial charge in [0, 0.05) is 6.54 Å². The van der Waals surface area contributed by atoms with Crippen LogP contribution < -0.4 is 5.73 Å². The number of carbonyl (C=O) groups is 1. The Balaban J connectivity index is 2.95. The predicted molar refractivity (Wildman–Crippen MR) is 74.7 cm³/mol. The fourth-order valence-corrected chi connectivity index (χ4v) is 2.36. The Morgan fingerprint density at radius 2 is 2.11 bits per heavy atom. The normalized spacial score (nSPS) is 26.3. The van der Waals surface area contributed by atoms with E-state index < -0.39 is 11.3 Å². The topological polar surface area (TPSA) is 64.8 Å². The lowest BCUT2D eigenvalue weighted by atomic mass is 10.1. The molecule has 2 atom stereocenters. The second-order valence-corrected chi connectivity index (χ2v) is 6.28. The van der Waals surface area contributed by atoms with Crippen LogP contribution in [0.15, 0.2) is 12.7 Å². The highest BCUT2D eigenvalue weighted by atomic mass is 16.6. The van der Waals surface area contributed by atoms with Crippen LogP contribution in [0.2, 0.25) is 0 Å². The second-order valence-electron chi connectivity index (χ2n) is 6.28. The molecule has 2 N–H and O–H groups in total. The van der Waals surface area contributed by atoms with Crippen LogP contribution in [0.5, 0.6) is 0 Å². The van der Waals surface area contributed by atoms with Gasteiger partial charge in [0.15, 0.2) is 0 Å². The molecule has 1 amide bonds. The van der Waals surface area contributed by atoms with Crippen LogP contribution in [0.3, 0.4) is 0 Å². The monoisotopic (exact) mass is 270 g/mol. The number of carbonyl (C=O) groups excluding carboxylic acids is 1. The van der Waals surface area contributed by atoms with Gasteiger partial charge in [-0.3, -0.25) is 4.90 Å². The van der Waals surface area contributed by atoms with Gasteiger partial charge in [0.2, 0.25) is 0 Å². The first-order valence-corrected chi connectivity index (χ1v) is 6.63. The summed E-state index contributed by atoms with van der Waals surface area (Å²) in [6.07, 6.45) is 1.91. The van der Waals surface area contributed by atoms with Crippen molar-refractivity contribution in [3.05, 3.63) is 12.7 Å². The van der Waals surface area contributed by atoms with Crippen LogP contribution in [0.25, 0.3) is 0 Å². The number of rotatable bonds is 3. The minimum absolute atomic E-state index is 0.134. The van der Waals surface area contributed by atoms with E-state index in [1.54, 1.807) is 11.0 Å². The van der Waals surface area contributed by atoms with Crippen molar-refractivity contribution in [2.24, 2.45) is 5.73 Å². The third-order valence-corrected chi connectivity index (χ3v) is 3.01. The second kappa shape index (κ2) is 5.51. The Morgan fingerprint density at radius 3 is 2.53 bits per heavy atom. The zero-order chi connectivity index (χ0) is 14.8. The van der Waals surface area contributed by atoms with E-state index in [0.717, 1.165) is 0 Å². The van der Waals surface area contributed by atoms with Crippen LogP contribution in [0, 0.1) is 0 Å². The van der Waals surface area contributed by atoms with E-state index in [4.69, 9.17) is 15.2 Å². The average Bonchev–Trinajstić information content (AvgIpc) is 2.46. The molecule has 1 fully saturated rings. The molecule has 0 aromatic heterocycles. The van der Waals surface area contributed by atoms with Gasteiger partial charge in [0.05, 0.1) is 12.1 Å². The van der Waals surface area contributed by atoms with Gasteiger partial charge in [-0.2, -0.15) is 0 Å². The predicted octanol–water partition coefficient (Wildman–Crippen LogP) is 2.26. The first-order valence-electron chi connectivity index (χ1n) is 6.63. The molecule has 19 heavy (non-hydrogen) atoms. The highest BCUT2D eigenvalue weighted by Crippen LogP contribution is 2.34. The highest BCUT2D eigenvalue weighted by molar-refractivity contribution is 5.70. The summed E-state index contributed by atoms with van der Waals surface area (Å²) in [5.74, 6) is 0. The maximum absolute atomic E-state index is 12.3. The number of hydrogen-bond donors (Lipinski definition) is 1. The van der Waals surface area contributed by atoms with Gasteiger partial charge in [-0.25, -0.2) is 4.79 Å². The molecule has 1 rings (SSSR count). The summed E-state index contributed by atoms with van der Waals surface area (Å²) in [5.41, 5.74) is 4.54. The van der Waals surface area contributed by atoms with E-state index in [1.165, 1.54) is 0 Å². The van der Waals surface area contributed by atoms with Crippen LogP contribution >= 0.6 is 0 Å². The Morgan fingerprint density at radius 1 is 1.53 bits per heavy atom. The van der Waals surface area contributed by atoms with Crippen LogP contribution in [-0.2, 0) is 9.47 Å². The number of hydrogen-bond acceptors (Lipinski definition) is 4. The quantitative estimate of drug-likeness (QED) is 0.799. The van der Waals surface area contributed by atoms with E-state index in [0.29, 0.717) is 13.0 Å². The molecular weight excluding hydrogens is 244 g/mol. The molecule has 0 aromatic carbocycles. The molecule has 0 radical (unpaired) electrons. The Labute approximate surface area is 115 Å². The lowest BCUT2D eigenvalue weighted by Crippen LogP contribution is -2.52. The zero-order valence-electron chi connectivity index (χ0n) is 12.6. The molecule has 1 aliphatic rings. The highest BCUT2D eigenvalue weighted by Gasteiger charge is 2.50. The summed E-state index contributed by atoms with van der Waals surface area (Å²) >= 11 is 0.